The van der Waals surface area contributed by atoms with Crippen LogP contribution in [0.4, 0.5) is 10.5 Å². The highest BCUT2D eigenvalue weighted by atomic mass is 16.5. The maximum absolute atomic E-state index is 13.5. The van der Waals surface area contributed by atoms with Crippen molar-refractivity contribution in [1.82, 2.24) is 19.7 Å². The number of carbonyl (C=O) groups is 2. The van der Waals surface area contributed by atoms with Gasteiger partial charge in [0, 0.05) is 31.2 Å². The summed E-state index contributed by atoms with van der Waals surface area (Å²) in [6.07, 6.45) is 4.81. The van der Waals surface area contributed by atoms with Crippen molar-refractivity contribution < 1.29 is 14.3 Å². The summed E-state index contributed by atoms with van der Waals surface area (Å²) in [4.78, 5) is 27.6. The van der Waals surface area contributed by atoms with Gasteiger partial charge in [-0.3, -0.25) is 4.79 Å². The SMILES string of the molecule is COC(=O)N1C[C@H](C(=O)Nc2ccc(C)cc2C)[C@@H](c2nnc(CCCC(C)(C)C)n2C2CC2)C1. The van der Waals surface area contributed by atoms with Gasteiger partial charge in [0.1, 0.15) is 11.6 Å². The summed E-state index contributed by atoms with van der Waals surface area (Å²) >= 11 is 0. The van der Waals surface area contributed by atoms with E-state index in [0.717, 1.165) is 60.6 Å². The first-order chi connectivity index (χ1) is 16.6. The number of ether oxygens (including phenoxy) is 1. The lowest BCUT2D eigenvalue weighted by Crippen LogP contribution is -2.31. The van der Waals surface area contributed by atoms with E-state index in [-0.39, 0.29) is 17.2 Å². The Labute approximate surface area is 208 Å². The molecule has 0 unspecified atom stereocenters. The molecule has 0 spiro atoms. The monoisotopic (exact) mass is 481 g/mol. The standard InChI is InChI=1S/C27H39N5O3/c1-17-9-12-22(18(2)14-17)28-25(33)21-16-31(26(34)35-6)15-20(21)24-30-29-23(32(24)19-10-11-19)8-7-13-27(3,4)5/h9,12,14,19-21H,7-8,10-11,13,15-16H2,1-6H3,(H,28,33)/t20-,21-/m0/s1. The fourth-order valence-electron chi connectivity index (χ4n) is 5.06. The molecule has 1 saturated heterocycles. The minimum absolute atomic E-state index is 0.104. The molecule has 0 bridgehead atoms. The Bertz CT molecular complexity index is 1080. The average molecular weight is 482 g/mol. The molecule has 1 N–H and O–H groups in total. The maximum atomic E-state index is 13.5. The molecule has 1 saturated carbocycles. The molecular formula is C27H39N5O3. The Morgan fingerprint density at radius 1 is 1.14 bits per heavy atom. The summed E-state index contributed by atoms with van der Waals surface area (Å²) in [5.74, 6) is 1.05. The van der Waals surface area contributed by atoms with Crippen LogP contribution in [0.5, 0.6) is 0 Å². The van der Waals surface area contributed by atoms with Crippen LogP contribution in [0.1, 0.15) is 81.2 Å². The summed E-state index contributed by atoms with van der Waals surface area (Å²) in [5.41, 5.74) is 3.23. The number of hydrogen-bond acceptors (Lipinski definition) is 5. The van der Waals surface area contributed by atoms with E-state index < -0.39 is 12.0 Å². The van der Waals surface area contributed by atoms with Crippen molar-refractivity contribution in [2.45, 2.75) is 78.7 Å². The molecule has 4 rings (SSSR count). The van der Waals surface area contributed by atoms with Crippen LogP contribution in [0, 0.1) is 25.2 Å². The lowest BCUT2D eigenvalue weighted by molar-refractivity contribution is -0.119. The lowest BCUT2D eigenvalue weighted by atomic mass is 9.90. The van der Waals surface area contributed by atoms with E-state index in [1.54, 1.807) is 4.90 Å². The lowest BCUT2D eigenvalue weighted by Gasteiger charge is -2.20. The number of amides is 2. The van der Waals surface area contributed by atoms with Gasteiger partial charge in [0.25, 0.3) is 0 Å². The number of hydrogen-bond donors (Lipinski definition) is 1. The van der Waals surface area contributed by atoms with Gasteiger partial charge in [0.05, 0.1) is 18.9 Å². The summed E-state index contributed by atoms with van der Waals surface area (Å²) in [6, 6.07) is 6.36. The van der Waals surface area contributed by atoms with Crippen LogP contribution < -0.4 is 5.32 Å². The largest absolute Gasteiger partial charge is 0.453 e. The van der Waals surface area contributed by atoms with Gasteiger partial charge in [-0.2, -0.15) is 0 Å². The summed E-state index contributed by atoms with van der Waals surface area (Å²) in [6.45, 7) is 11.5. The second-order valence-corrected chi connectivity index (χ2v) is 11.4. The van der Waals surface area contributed by atoms with Gasteiger partial charge in [0.15, 0.2) is 0 Å². The topological polar surface area (TPSA) is 89.3 Å². The van der Waals surface area contributed by atoms with Gasteiger partial charge in [-0.15, -0.1) is 10.2 Å². The Balaban J connectivity index is 1.60. The molecule has 2 aromatic rings. The van der Waals surface area contributed by atoms with E-state index in [4.69, 9.17) is 4.74 Å². The first kappa shape index (κ1) is 25.2. The number of rotatable bonds is 7. The maximum Gasteiger partial charge on any atom is 0.409 e. The zero-order valence-corrected chi connectivity index (χ0v) is 21.9. The fourth-order valence-corrected chi connectivity index (χ4v) is 5.06. The first-order valence-corrected chi connectivity index (χ1v) is 12.7. The van der Waals surface area contributed by atoms with E-state index in [9.17, 15) is 9.59 Å². The zero-order valence-electron chi connectivity index (χ0n) is 21.9. The third kappa shape index (κ3) is 5.85. The number of methoxy groups -OCH3 is 1. The first-order valence-electron chi connectivity index (χ1n) is 12.7. The molecule has 1 aromatic heterocycles. The van der Waals surface area contributed by atoms with Crippen LogP contribution in [0.2, 0.25) is 0 Å². The predicted octanol–water partition coefficient (Wildman–Crippen LogP) is 5.02. The number of anilines is 1. The fraction of sp³-hybridized carbons (Fsp3) is 0.630. The van der Waals surface area contributed by atoms with Crippen LogP contribution in [0.3, 0.4) is 0 Å². The molecule has 0 radical (unpaired) electrons. The van der Waals surface area contributed by atoms with Crippen molar-refractivity contribution in [3.63, 3.8) is 0 Å². The number of likely N-dealkylation sites (tertiary alicyclic amines) is 1. The van der Waals surface area contributed by atoms with Gasteiger partial charge in [-0.1, -0.05) is 38.5 Å². The Hall–Kier alpha value is -2.90. The molecule has 2 fully saturated rings. The van der Waals surface area contributed by atoms with Crippen molar-refractivity contribution in [3.05, 3.63) is 41.0 Å². The number of carbonyl (C=O) groups excluding carboxylic acids is 2. The molecule has 8 heteroatoms. The highest BCUT2D eigenvalue weighted by Gasteiger charge is 2.45. The number of nitrogens with zero attached hydrogens (tertiary/aromatic N) is 4. The number of aromatic nitrogens is 3. The molecule has 8 nitrogen and oxygen atoms in total. The van der Waals surface area contributed by atoms with Crippen LogP contribution >= 0.6 is 0 Å². The average Bonchev–Trinajstić information content (AvgIpc) is 3.38. The van der Waals surface area contributed by atoms with Crippen molar-refractivity contribution in [1.29, 1.82) is 0 Å². The zero-order chi connectivity index (χ0) is 25.3. The summed E-state index contributed by atoms with van der Waals surface area (Å²) < 4.78 is 7.26. The summed E-state index contributed by atoms with van der Waals surface area (Å²) in [7, 11) is 1.38. The van der Waals surface area contributed by atoms with Gasteiger partial charge in [0.2, 0.25) is 5.91 Å². The van der Waals surface area contributed by atoms with Crippen molar-refractivity contribution in [2.75, 3.05) is 25.5 Å². The molecule has 35 heavy (non-hydrogen) atoms. The quantitative estimate of drug-likeness (QED) is 0.600. The third-order valence-corrected chi connectivity index (χ3v) is 7.09. The van der Waals surface area contributed by atoms with Crippen LogP contribution in [0.25, 0.3) is 0 Å². The van der Waals surface area contributed by atoms with Gasteiger partial charge >= 0.3 is 6.09 Å². The smallest absolute Gasteiger partial charge is 0.409 e. The second kappa shape index (κ2) is 9.99. The molecule has 2 aliphatic rings. The molecule has 2 amide bonds. The molecule has 190 valence electrons. The van der Waals surface area contributed by atoms with Crippen LogP contribution in [0.15, 0.2) is 18.2 Å². The number of aryl methyl sites for hydroxylation is 3. The van der Waals surface area contributed by atoms with E-state index in [2.05, 4.69) is 46.9 Å². The van der Waals surface area contributed by atoms with Crippen LogP contribution in [-0.4, -0.2) is 51.9 Å². The Morgan fingerprint density at radius 2 is 1.89 bits per heavy atom. The van der Waals surface area contributed by atoms with Gasteiger partial charge < -0.3 is 19.5 Å². The second-order valence-electron chi connectivity index (χ2n) is 11.4. The summed E-state index contributed by atoms with van der Waals surface area (Å²) in [5, 5.41) is 12.3. The number of nitrogens with one attached hydrogen (secondary N) is 1. The van der Waals surface area contributed by atoms with Gasteiger partial charge in [-0.25, -0.2) is 4.79 Å². The Kier molecular flexibility index (Phi) is 7.20. The van der Waals surface area contributed by atoms with Crippen molar-refractivity contribution >= 4 is 17.7 Å². The highest BCUT2D eigenvalue weighted by Crippen LogP contribution is 2.42. The Morgan fingerprint density at radius 3 is 2.51 bits per heavy atom. The van der Waals surface area contributed by atoms with Crippen molar-refractivity contribution in [3.8, 4) is 0 Å². The van der Waals surface area contributed by atoms with Crippen molar-refractivity contribution in [2.24, 2.45) is 11.3 Å². The molecule has 1 aliphatic heterocycles. The highest BCUT2D eigenvalue weighted by molar-refractivity contribution is 5.94. The minimum atomic E-state index is -0.432. The van der Waals surface area contributed by atoms with E-state index in [0.29, 0.717) is 19.1 Å². The number of benzene rings is 1. The molecule has 1 aromatic carbocycles. The third-order valence-electron chi connectivity index (χ3n) is 7.09. The minimum Gasteiger partial charge on any atom is -0.453 e. The van der Waals surface area contributed by atoms with Crippen LogP contribution in [-0.2, 0) is 16.0 Å². The van der Waals surface area contributed by atoms with Gasteiger partial charge in [-0.05, 0) is 56.6 Å². The molecule has 2 heterocycles. The van der Waals surface area contributed by atoms with E-state index in [1.807, 2.05) is 26.0 Å². The van der Waals surface area contributed by atoms with E-state index >= 15 is 0 Å². The molecule has 1 aliphatic carbocycles. The normalized spacial score (nSPS) is 20.2. The van der Waals surface area contributed by atoms with E-state index in [1.165, 1.54) is 7.11 Å². The molecule has 2 atom stereocenters. The predicted molar refractivity (Wildman–Crippen MR) is 135 cm³/mol. The molecular weight excluding hydrogens is 442 g/mol.